The lowest BCUT2D eigenvalue weighted by atomic mass is 9.73. The molecule has 0 spiro atoms. The lowest BCUT2D eigenvalue weighted by Crippen LogP contribution is -2.25. The van der Waals surface area contributed by atoms with Gasteiger partial charge in [-0.1, -0.05) is 43.7 Å². The van der Waals surface area contributed by atoms with Crippen LogP contribution in [0.5, 0.6) is 0 Å². The molecule has 4 rings (SSSR count). The summed E-state index contributed by atoms with van der Waals surface area (Å²) in [6.45, 7) is 0. The number of fused-ring (bicyclic) bond motifs is 3. The van der Waals surface area contributed by atoms with E-state index in [2.05, 4.69) is 0 Å². The Morgan fingerprint density at radius 2 is 1.72 bits per heavy atom. The maximum atomic E-state index is 6.77. The minimum atomic E-state index is 0.298. The fourth-order valence-electron chi connectivity index (χ4n) is 5.43. The summed E-state index contributed by atoms with van der Waals surface area (Å²) < 4.78 is 0. The first-order valence-electron chi connectivity index (χ1n) is 7.79. The van der Waals surface area contributed by atoms with Gasteiger partial charge in [0.25, 0.3) is 0 Å². The predicted octanol–water partition coefficient (Wildman–Crippen LogP) is 5.63. The molecule has 0 amide bonds. The molecule has 0 aromatic heterocycles. The molecule has 100 valence electrons. The van der Waals surface area contributed by atoms with Crippen molar-refractivity contribution in [2.45, 2.75) is 69.6 Å². The summed E-state index contributed by atoms with van der Waals surface area (Å²) >= 11 is 13.4. The third-order valence-electron chi connectivity index (χ3n) is 6.37. The van der Waals surface area contributed by atoms with Crippen molar-refractivity contribution in [3.8, 4) is 0 Å². The van der Waals surface area contributed by atoms with Gasteiger partial charge in [0.15, 0.2) is 0 Å². The van der Waals surface area contributed by atoms with Crippen LogP contribution in [-0.2, 0) is 0 Å². The molecule has 4 aliphatic rings. The van der Waals surface area contributed by atoms with Crippen LogP contribution >= 0.6 is 23.2 Å². The number of hydrogen-bond donors (Lipinski definition) is 0. The molecule has 0 aliphatic heterocycles. The molecule has 0 bridgehead atoms. The van der Waals surface area contributed by atoms with E-state index in [9.17, 15) is 0 Å². The van der Waals surface area contributed by atoms with Gasteiger partial charge in [-0.05, 0) is 43.6 Å². The van der Waals surface area contributed by atoms with Crippen molar-refractivity contribution in [1.82, 2.24) is 0 Å². The number of allylic oxidation sites excluding steroid dienone is 2. The topological polar surface area (TPSA) is 0 Å². The monoisotopic (exact) mass is 284 g/mol. The van der Waals surface area contributed by atoms with Crippen molar-refractivity contribution in [1.29, 1.82) is 0 Å². The van der Waals surface area contributed by atoms with E-state index in [1.807, 2.05) is 0 Å². The van der Waals surface area contributed by atoms with E-state index in [0.29, 0.717) is 16.2 Å². The van der Waals surface area contributed by atoms with Gasteiger partial charge in [0.05, 0.1) is 0 Å². The summed E-state index contributed by atoms with van der Waals surface area (Å²) in [5.41, 5.74) is 2.31. The molecular weight excluding hydrogens is 263 g/mol. The SMILES string of the molecule is ClC1=C2CCCCCC12C12CCCCCC1C2Cl. The minimum absolute atomic E-state index is 0.298. The number of alkyl halides is 1. The van der Waals surface area contributed by atoms with E-state index in [4.69, 9.17) is 23.2 Å². The van der Waals surface area contributed by atoms with Crippen molar-refractivity contribution < 1.29 is 0 Å². The Kier molecular flexibility index (Phi) is 2.63. The van der Waals surface area contributed by atoms with Crippen LogP contribution in [0.1, 0.15) is 64.2 Å². The second-order valence-electron chi connectivity index (χ2n) is 6.91. The van der Waals surface area contributed by atoms with Crippen LogP contribution in [0.25, 0.3) is 0 Å². The van der Waals surface area contributed by atoms with Crippen molar-refractivity contribution in [3.63, 3.8) is 0 Å². The summed E-state index contributed by atoms with van der Waals surface area (Å²) in [7, 11) is 0. The van der Waals surface area contributed by atoms with Crippen LogP contribution in [0.4, 0.5) is 0 Å². The maximum Gasteiger partial charge on any atom is 0.0442 e. The molecule has 4 unspecified atom stereocenters. The van der Waals surface area contributed by atoms with Crippen molar-refractivity contribution in [3.05, 3.63) is 10.6 Å². The van der Waals surface area contributed by atoms with Crippen LogP contribution in [0, 0.1) is 16.7 Å². The molecule has 2 heteroatoms. The third-order valence-corrected chi connectivity index (χ3v) is 7.61. The van der Waals surface area contributed by atoms with Crippen LogP contribution in [0.3, 0.4) is 0 Å². The number of halogens is 2. The predicted molar refractivity (Wildman–Crippen MR) is 77.0 cm³/mol. The molecular formula is C16H22Cl2. The van der Waals surface area contributed by atoms with E-state index < -0.39 is 0 Å². The Morgan fingerprint density at radius 3 is 2.61 bits per heavy atom. The van der Waals surface area contributed by atoms with Crippen LogP contribution < -0.4 is 0 Å². The Morgan fingerprint density at radius 1 is 0.944 bits per heavy atom. The maximum absolute atomic E-state index is 6.77. The first kappa shape index (κ1) is 12.1. The van der Waals surface area contributed by atoms with Crippen molar-refractivity contribution in [2.75, 3.05) is 0 Å². The first-order valence-corrected chi connectivity index (χ1v) is 8.60. The molecule has 0 nitrogen and oxygen atoms in total. The molecule has 0 heterocycles. The lowest BCUT2D eigenvalue weighted by Gasteiger charge is -2.30. The van der Waals surface area contributed by atoms with Gasteiger partial charge >= 0.3 is 0 Å². The zero-order chi connectivity index (χ0) is 12.4. The van der Waals surface area contributed by atoms with Gasteiger partial charge in [-0.2, -0.15) is 0 Å². The highest BCUT2D eigenvalue weighted by molar-refractivity contribution is 6.35. The van der Waals surface area contributed by atoms with E-state index in [1.54, 1.807) is 5.57 Å². The molecule has 0 aromatic rings. The van der Waals surface area contributed by atoms with Crippen LogP contribution in [-0.4, -0.2) is 5.38 Å². The largest absolute Gasteiger partial charge is 0.122 e. The molecule has 4 aliphatic carbocycles. The van der Waals surface area contributed by atoms with Gasteiger partial charge < -0.3 is 0 Å². The zero-order valence-electron chi connectivity index (χ0n) is 11.0. The molecule has 3 fully saturated rings. The fraction of sp³-hybridized carbons (Fsp3) is 0.875. The van der Waals surface area contributed by atoms with Gasteiger partial charge in [0.2, 0.25) is 0 Å². The molecule has 0 aromatic carbocycles. The molecule has 0 N–H and O–H groups in total. The molecule has 0 saturated heterocycles. The Labute approximate surface area is 120 Å². The Bertz CT molecular complexity index is 409. The quantitative estimate of drug-likeness (QED) is 0.548. The second-order valence-corrected chi connectivity index (χ2v) is 7.75. The van der Waals surface area contributed by atoms with E-state index >= 15 is 0 Å². The smallest absolute Gasteiger partial charge is 0.0442 e. The van der Waals surface area contributed by atoms with Crippen LogP contribution in [0.2, 0.25) is 0 Å². The summed E-state index contributed by atoms with van der Waals surface area (Å²) in [6.07, 6.45) is 13.5. The average Bonchev–Trinajstić information content (AvgIpc) is 3.18. The third kappa shape index (κ3) is 1.25. The molecule has 0 radical (unpaired) electrons. The normalized spacial score (nSPS) is 51.0. The molecule has 3 saturated carbocycles. The minimum Gasteiger partial charge on any atom is -0.122 e. The van der Waals surface area contributed by atoms with Crippen molar-refractivity contribution >= 4 is 23.2 Å². The Hall–Kier alpha value is 0.320. The highest BCUT2D eigenvalue weighted by Crippen LogP contribution is 2.83. The molecule has 18 heavy (non-hydrogen) atoms. The highest BCUT2D eigenvalue weighted by atomic mass is 35.5. The summed E-state index contributed by atoms with van der Waals surface area (Å²) in [4.78, 5) is 0. The van der Waals surface area contributed by atoms with Crippen LogP contribution in [0.15, 0.2) is 10.6 Å². The van der Waals surface area contributed by atoms with Crippen molar-refractivity contribution in [2.24, 2.45) is 16.7 Å². The lowest BCUT2D eigenvalue weighted by molar-refractivity contribution is 0.238. The standard InChI is InChI=1S/C16H22Cl2/c17-13-11-7-3-1-5-9-15(11,13)16-10-6-2-4-8-12(16)14(16)18/h11,13H,1-10H2. The van der Waals surface area contributed by atoms with E-state index in [-0.39, 0.29) is 0 Å². The van der Waals surface area contributed by atoms with Gasteiger partial charge in [0, 0.05) is 21.2 Å². The summed E-state index contributed by atoms with van der Waals surface area (Å²) in [5.74, 6) is 0.769. The van der Waals surface area contributed by atoms with E-state index in [0.717, 1.165) is 5.92 Å². The summed E-state index contributed by atoms with van der Waals surface area (Å²) in [5, 5.41) is 1.67. The number of hydrogen-bond acceptors (Lipinski definition) is 0. The van der Waals surface area contributed by atoms with Gasteiger partial charge in [-0.15, -0.1) is 11.6 Å². The van der Waals surface area contributed by atoms with Gasteiger partial charge in [0.1, 0.15) is 0 Å². The van der Waals surface area contributed by atoms with Gasteiger partial charge in [-0.3, -0.25) is 0 Å². The van der Waals surface area contributed by atoms with Gasteiger partial charge in [-0.25, -0.2) is 0 Å². The second kappa shape index (κ2) is 3.92. The molecule has 4 atom stereocenters. The number of rotatable bonds is 1. The van der Waals surface area contributed by atoms with E-state index in [1.165, 1.54) is 69.2 Å². The highest BCUT2D eigenvalue weighted by Gasteiger charge is 2.78. The fourth-order valence-corrected chi connectivity index (χ4v) is 6.76. The summed E-state index contributed by atoms with van der Waals surface area (Å²) in [6, 6.07) is 0. The zero-order valence-corrected chi connectivity index (χ0v) is 12.5. The average molecular weight is 285 g/mol. The Balaban J connectivity index is 1.70. The first-order chi connectivity index (χ1) is 8.75.